The van der Waals surface area contributed by atoms with Crippen molar-refractivity contribution in [3.63, 3.8) is 0 Å². The third kappa shape index (κ3) is 1.54. The van der Waals surface area contributed by atoms with Crippen LogP contribution < -0.4 is 10.4 Å². The SMILES string of the molecule is Cc1c(F)cc2c(=O)c(C(=O)O)cn3c2c1CCN3C. The first-order chi connectivity index (χ1) is 9.41. The second-order valence-corrected chi connectivity index (χ2v) is 5.01. The van der Waals surface area contributed by atoms with E-state index in [2.05, 4.69) is 0 Å². The van der Waals surface area contributed by atoms with E-state index in [1.54, 1.807) is 18.6 Å². The molecule has 0 unspecified atom stereocenters. The standard InChI is InChI=1S/C14H13FN2O3/c1-7-8-3-4-16(2)17-6-10(14(19)20)13(18)9(12(8)17)5-11(7)15/h5-6H,3-4H2,1-2H3,(H,19,20). The summed E-state index contributed by atoms with van der Waals surface area (Å²) in [6.07, 6.45) is 1.94. The number of carboxylic acids is 1. The van der Waals surface area contributed by atoms with Crippen molar-refractivity contribution in [3.8, 4) is 0 Å². The first-order valence-electron chi connectivity index (χ1n) is 6.24. The Morgan fingerprint density at radius 2 is 2.15 bits per heavy atom. The van der Waals surface area contributed by atoms with Crippen LogP contribution in [-0.4, -0.2) is 29.3 Å². The largest absolute Gasteiger partial charge is 0.477 e. The number of aromatic nitrogens is 1. The zero-order valence-electron chi connectivity index (χ0n) is 11.1. The maximum absolute atomic E-state index is 14.0. The van der Waals surface area contributed by atoms with E-state index in [1.807, 2.05) is 5.01 Å². The summed E-state index contributed by atoms with van der Waals surface area (Å²) in [5.41, 5.74) is 0.904. The number of halogens is 1. The second kappa shape index (κ2) is 4.06. The minimum atomic E-state index is -1.30. The summed E-state index contributed by atoms with van der Waals surface area (Å²) in [5.74, 6) is -1.77. The first-order valence-corrected chi connectivity index (χ1v) is 6.24. The molecule has 1 aromatic carbocycles. The van der Waals surface area contributed by atoms with Crippen LogP contribution in [0, 0.1) is 12.7 Å². The number of nitrogens with zero attached hydrogens (tertiary/aromatic N) is 2. The lowest BCUT2D eigenvalue weighted by molar-refractivity contribution is 0.0695. The molecule has 2 heterocycles. The van der Waals surface area contributed by atoms with Crippen LogP contribution >= 0.6 is 0 Å². The number of carboxylic acid groups (broad SMARTS) is 1. The van der Waals surface area contributed by atoms with E-state index in [0.717, 1.165) is 11.6 Å². The smallest absolute Gasteiger partial charge is 0.341 e. The van der Waals surface area contributed by atoms with Crippen molar-refractivity contribution in [1.82, 2.24) is 4.68 Å². The molecular weight excluding hydrogens is 263 g/mol. The maximum Gasteiger partial charge on any atom is 0.341 e. The Kier molecular flexibility index (Phi) is 2.57. The van der Waals surface area contributed by atoms with Gasteiger partial charge in [-0.1, -0.05) is 0 Å². The van der Waals surface area contributed by atoms with Gasteiger partial charge in [0.25, 0.3) is 0 Å². The van der Waals surface area contributed by atoms with Crippen LogP contribution in [0.3, 0.4) is 0 Å². The van der Waals surface area contributed by atoms with E-state index in [9.17, 15) is 14.0 Å². The van der Waals surface area contributed by atoms with Gasteiger partial charge in [0.1, 0.15) is 11.4 Å². The first kappa shape index (κ1) is 12.7. The van der Waals surface area contributed by atoms with Gasteiger partial charge in [0.2, 0.25) is 5.43 Å². The summed E-state index contributed by atoms with van der Waals surface area (Å²) >= 11 is 0. The van der Waals surface area contributed by atoms with Gasteiger partial charge in [0, 0.05) is 19.8 Å². The summed E-state index contributed by atoms with van der Waals surface area (Å²) in [6, 6.07) is 1.14. The van der Waals surface area contributed by atoms with Crippen LogP contribution in [0.4, 0.5) is 4.39 Å². The Labute approximate surface area is 113 Å². The van der Waals surface area contributed by atoms with Crippen LogP contribution in [0.25, 0.3) is 10.9 Å². The van der Waals surface area contributed by atoms with Crippen molar-refractivity contribution in [1.29, 1.82) is 0 Å². The van der Waals surface area contributed by atoms with Crippen molar-refractivity contribution in [2.45, 2.75) is 13.3 Å². The maximum atomic E-state index is 14.0. The van der Waals surface area contributed by atoms with E-state index < -0.39 is 17.2 Å². The molecule has 1 aliphatic heterocycles. The van der Waals surface area contributed by atoms with Gasteiger partial charge < -0.3 is 10.1 Å². The predicted molar refractivity (Wildman–Crippen MR) is 72.6 cm³/mol. The van der Waals surface area contributed by atoms with E-state index >= 15 is 0 Å². The van der Waals surface area contributed by atoms with Crippen LogP contribution in [0.5, 0.6) is 0 Å². The van der Waals surface area contributed by atoms with Crippen molar-refractivity contribution in [3.05, 3.63) is 45.0 Å². The van der Waals surface area contributed by atoms with E-state index in [0.29, 0.717) is 24.0 Å². The third-order valence-electron chi connectivity index (χ3n) is 3.88. The zero-order chi connectivity index (χ0) is 14.6. The Morgan fingerprint density at radius 1 is 1.45 bits per heavy atom. The Hall–Kier alpha value is -2.37. The average molecular weight is 276 g/mol. The Balaban J connectivity index is 2.57. The molecule has 0 aliphatic carbocycles. The Morgan fingerprint density at radius 3 is 2.80 bits per heavy atom. The molecule has 0 radical (unpaired) electrons. The van der Waals surface area contributed by atoms with Gasteiger partial charge in [-0.25, -0.2) is 9.18 Å². The molecule has 2 aromatic rings. The summed E-state index contributed by atoms with van der Waals surface area (Å²) in [4.78, 5) is 23.4. The highest BCUT2D eigenvalue weighted by molar-refractivity contribution is 5.94. The van der Waals surface area contributed by atoms with Crippen molar-refractivity contribution in [2.24, 2.45) is 0 Å². The van der Waals surface area contributed by atoms with Gasteiger partial charge in [-0.15, -0.1) is 0 Å². The molecule has 0 spiro atoms. The molecule has 1 aliphatic rings. The molecule has 5 nitrogen and oxygen atoms in total. The predicted octanol–water partition coefficient (Wildman–Crippen LogP) is 1.27. The lowest BCUT2D eigenvalue weighted by Gasteiger charge is -2.31. The van der Waals surface area contributed by atoms with Gasteiger partial charge in [0.15, 0.2) is 0 Å². The quantitative estimate of drug-likeness (QED) is 0.852. The van der Waals surface area contributed by atoms with Gasteiger partial charge in [-0.05, 0) is 30.5 Å². The summed E-state index contributed by atoms with van der Waals surface area (Å²) in [5, 5.41) is 11.1. The highest BCUT2D eigenvalue weighted by atomic mass is 19.1. The normalized spacial score (nSPS) is 13.8. The molecule has 20 heavy (non-hydrogen) atoms. The van der Waals surface area contributed by atoms with Crippen LogP contribution in [-0.2, 0) is 6.42 Å². The van der Waals surface area contributed by atoms with E-state index in [1.165, 1.54) is 6.20 Å². The van der Waals surface area contributed by atoms with Crippen molar-refractivity contribution in [2.75, 3.05) is 18.6 Å². The number of likely N-dealkylation sites (N-methyl/N-ethyl adjacent to an activating group) is 1. The second-order valence-electron chi connectivity index (χ2n) is 5.01. The number of aromatic carboxylic acids is 1. The van der Waals surface area contributed by atoms with E-state index in [-0.39, 0.29) is 10.9 Å². The number of rotatable bonds is 1. The third-order valence-corrected chi connectivity index (χ3v) is 3.88. The van der Waals surface area contributed by atoms with Crippen LogP contribution in [0.2, 0.25) is 0 Å². The molecule has 0 atom stereocenters. The summed E-state index contributed by atoms with van der Waals surface area (Å²) < 4.78 is 15.6. The molecule has 0 fully saturated rings. The molecule has 1 aromatic heterocycles. The highest BCUT2D eigenvalue weighted by Gasteiger charge is 2.24. The van der Waals surface area contributed by atoms with Crippen LogP contribution in [0.1, 0.15) is 21.5 Å². The lowest BCUT2D eigenvalue weighted by Crippen LogP contribution is -2.38. The topological polar surface area (TPSA) is 62.5 Å². The van der Waals surface area contributed by atoms with Crippen molar-refractivity contribution < 1.29 is 14.3 Å². The molecular formula is C14H13FN2O3. The van der Waals surface area contributed by atoms with Gasteiger partial charge in [-0.3, -0.25) is 9.47 Å². The Bertz CT molecular complexity index is 810. The number of hydrogen-bond donors (Lipinski definition) is 1. The minimum absolute atomic E-state index is 0.120. The average Bonchev–Trinajstić information content (AvgIpc) is 2.39. The number of carbonyl (C=O) groups is 1. The van der Waals surface area contributed by atoms with Gasteiger partial charge >= 0.3 is 5.97 Å². The molecule has 1 N–H and O–H groups in total. The fraction of sp³-hybridized carbons (Fsp3) is 0.286. The molecule has 104 valence electrons. The highest BCUT2D eigenvalue weighted by Crippen LogP contribution is 2.27. The molecule has 6 heteroatoms. The van der Waals surface area contributed by atoms with E-state index in [4.69, 9.17) is 5.11 Å². The molecule has 0 saturated heterocycles. The summed E-state index contributed by atoms with van der Waals surface area (Å²) in [7, 11) is 1.80. The molecule has 0 bridgehead atoms. The van der Waals surface area contributed by atoms with Crippen molar-refractivity contribution >= 4 is 16.9 Å². The number of hydrogen-bond acceptors (Lipinski definition) is 3. The fourth-order valence-corrected chi connectivity index (χ4v) is 2.72. The minimum Gasteiger partial charge on any atom is -0.477 e. The molecule has 3 rings (SSSR count). The molecule has 0 saturated carbocycles. The lowest BCUT2D eigenvalue weighted by atomic mass is 9.98. The van der Waals surface area contributed by atoms with Gasteiger partial charge in [0.05, 0.1) is 10.9 Å². The number of benzene rings is 1. The molecule has 0 amide bonds. The van der Waals surface area contributed by atoms with Crippen LogP contribution in [0.15, 0.2) is 17.1 Å². The van der Waals surface area contributed by atoms with Gasteiger partial charge in [-0.2, -0.15) is 0 Å². The number of pyridine rings is 1. The monoisotopic (exact) mass is 276 g/mol. The summed E-state index contributed by atoms with van der Waals surface area (Å²) in [6.45, 7) is 2.31. The zero-order valence-corrected chi connectivity index (χ0v) is 11.1. The fourth-order valence-electron chi connectivity index (χ4n) is 2.72.